The lowest BCUT2D eigenvalue weighted by molar-refractivity contribution is -0.138. The SMILES string of the molecule is COC(=O)C1=C(C(=O)OC)C=COC=C1. The number of carbonyl (C=O) groups is 2. The van der Waals surface area contributed by atoms with Crippen LogP contribution in [0.25, 0.3) is 0 Å². The molecule has 0 spiro atoms. The second-order valence-electron chi connectivity index (χ2n) is 2.55. The molecule has 0 fully saturated rings. The number of hydrogen-bond acceptors (Lipinski definition) is 5. The molecule has 0 unspecified atom stereocenters. The Morgan fingerprint density at radius 1 is 1.00 bits per heavy atom. The number of rotatable bonds is 2. The van der Waals surface area contributed by atoms with Crippen LogP contribution in [0.5, 0.6) is 0 Å². The van der Waals surface area contributed by atoms with Crippen LogP contribution in [0.4, 0.5) is 0 Å². The Labute approximate surface area is 86.6 Å². The van der Waals surface area contributed by atoms with Crippen molar-refractivity contribution in [3.8, 4) is 0 Å². The minimum atomic E-state index is -0.623. The summed E-state index contributed by atoms with van der Waals surface area (Å²) in [6, 6.07) is 0. The monoisotopic (exact) mass is 210 g/mol. The van der Waals surface area contributed by atoms with E-state index in [0.717, 1.165) is 0 Å². The van der Waals surface area contributed by atoms with E-state index >= 15 is 0 Å². The number of methoxy groups -OCH3 is 2. The van der Waals surface area contributed by atoms with Crippen LogP contribution in [0.15, 0.2) is 35.8 Å². The van der Waals surface area contributed by atoms with Gasteiger partial charge >= 0.3 is 11.9 Å². The summed E-state index contributed by atoms with van der Waals surface area (Å²) in [5, 5.41) is 0. The predicted octanol–water partition coefficient (Wildman–Crippen LogP) is 0.687. The summed E-state index contributed by atoms with van der Waals surface area (Å²) in [7, 11) is 2.46. The number of esters is 2. The molecule has 5 heteroatoms. The van der Waals surface area contributed by atoms with Crippen molar-refractivity contribution in [2.24, 2.45) is 0 Å². The van der Waals surface area contributed by atoms with Gasteiger partial charge in [-0.05, 0) is 12.2 Å². The molecule has 0 aromatic carbocycles. The minimum absolute atomic E-state index is 0.0955. The van der Waals surface area contributed by atoms with Crippen molar-refractivity contribution < 1.29 is 23.8 Å². The van der Waals surface area contributed by atoms with Gasteiger partial charge in [-0.1, -0.05) is 0 Å². The lowest BCUT2D eigenvalue weighted by Crippen LogP contribution is -2.12. The molecule has 1 aliphatic heterocycles. The molecule has 1 heterocycles. The van der Waals surface area contributed by atoms with Crippen molar-refractivity contribution in [3.05, 3.63) is 35.8 Å². The lowest BCUT2D eigenvalue weighted by Gasteiger charge is -2.03. The van der Waals surface area contributed by atoms with Crippen LogP contribution in [0.1, 0.15) is 0 Å². The van der Waals surface area contributed by atoms with E-state index in [1.54, 1.807) is 0 Å². The van der Waals surface area contributed by atoms with Crippen LogP contribution in [-0.4, -0.2) is 26.2 Å². The highest BCUT2D eigenvalue weighted by atomic mass is 16.5. The van der Waals surface area contributed by atoms with Crippen LogP contribution in [0, 0.1) is 0 Å². The molecule has 0 aliphatic carbocycles. The molecule has 0 aromatic heterocycles. The van der Waals surface area contributed by atoms with Gasteiger partial charge in [-0.2, -0.15) is 0 Å². The van der Waals surface area contributed by atoms with Gasteiger partial charge in [0.1, 0.15) is 0 Å². The second kappa shape index (κ2) is 4.99. The Morgan fingerprint density at radius 2 is 1.40 bits per heavy atom. The van der Waals surface area contributed by atoms with Crippen molar-refractivity contribution in [1.82, 2.24) is 0 Å². The Balaban J connectivity index is 3.18. The van der Waals surface area contributed by atoms with Crippen molar-refractivity contribution in [3.63, 3.8) is 0 Å². The summed E-state index contributed by atoms with van der Waals surface area (Å²) < 4.78 is 13.9. The molecule has 5 nitrogen and oxygen atoms in total. The van der Waals surface area contributed by atoms with Gasteiger partial charge in [-0.15, -0.1) is 0 Å². The Hall–Kier alpha value is -2.04. The van der Waals surface area contributed by atoms with E-state index < -0.39 is 11.9 Å². The largest absolute Gasteiger partial charge is 0.473 e. The van der Waals surface area contributed by atoms with Gasteiger partial charge in [-0.3, -0.25) is 0 Å². The zero-order chi connectivity index (χ0) is 11.3. The fraction of sp³-hybridized carbons (Fsp3) is 0.200. The fourth-order valence-electron chi connectivity index (χ4n) is 1.02. The maximum Gasteiger partial charge on any atom is 0.338 e. The first-order valence-corrected chi connectivity index (χ1v) is 4.10. The zero-order valence-electron chi connectivity index (χ0n) is 8.35. The highest BCUT2D eigenvalue weighted by Crippen LogP contribution is 2.14. The minimum Gasteiger partial charge on any atom is -0.473 e. The quantitative estimate of drug-likeness (QED) is 0.627. The zero-order valence-corrected chi connectivity index (χ0v) is 8.35. The number of ether oxygens (including phenoxy) is 3. The van der Waals surface area contributed by atoms with Crippen molar-refractivity contribution in [2.45, 2.75) is 0 Å². The molecule has 80 valence electrons. The maximum absolute atomic E-state index is 11.3. The van der Waals surface area contributed by atoms with E-state index in [1.807, 2.05) is 0 Å². The molecule has 0 aromatic rings. The van der Waals surface area contributed by atoms with E-state index in [0.29, 0.717) is 0 Å². The third-order valence-corrected chi connectivity index (χ3v) is 1.73. The van der Waals surface area contributed by atoms with Gasteiger partial charge in [0.05, 0.1) is 37.9 Å². The molecular weight excluding hydrogens is 200 g/mol. The third-order valence-electron chi connectivity index (χ3n) is 1.73. The topological polar surface area (TPSA) is 61.8 Å². The average molecular weight is 210 g/mol. The molecule has 0 atom stereocenters. The normalized spacial score (nSPS) is 14.3. The first kappa shape index (κ1) is 11.0. The van der Waals surface area contributed by atoms with Crippen LogP contribution in [0.2, 0.25) is 0 Å². The van der Waals surface area contributed by atoms with E-state index in [4.69, 9.17) is 4.74 Å². The van der Waals surface area contributed by atoms with E-state index in [9.17, 15) is 9.59 Å². The van der Waals surface area contributed by atoms with E-state index in [2.05, 4.69) is 9.47 Å². The predicted molar refractivity (Wildman–Crippen MR) is 50.4 cm³/mol. The highest BCUT2D eigenvalue weighted by molar-refractivity contribution is 6.04. The van der Waals surface area contributed by atoms with Gasteiger partial charge in [0.2, 0.25) is 0 Å². The average Bonchev–Trinajstić information content (AvgIpc) is 2.52. The third kappa shape index (κ3) is 2.46. The number of hydrogen-bond donors (Lipinski definition) is 0. The van der Waals surface area contributed by atoms with Crippen molar-refractivity contribution in [1.29, 1.82) is 0 Å². The fourth-order valence-corrected chi connectivity index (χ4v) is 1.02. The molecule has 0 N–H and O–H groups in total. The summed E-state index contributed by atoms with van der Waals surface area (Å²) in [6.45, 7) is 0. The van der Waals surface area contributed by atoms with Gasteiger partial charge in [0, 0.05) is 0 Å². The van der Waals surface area contributed by atoms with Crippen LogP contribution in [0.3, 0.4) is 0 Å². The smallest absolute Gasteiger partial charge is 0.338 e. The van der Waals surface area contributed by atoms with Gasteiger partial charge in [0.25, 0.3) is 0 Å². The van der Waals surface area contributed by atoms with E-state index in [1.165, 1.54) is 38.9 Å². The summed E-state index contributed by atoms with van der Waals surface area (Å²) in [5.74, 6) is -1.25. The summed E-state index contributed by atoms with van der Waals surface area (Å²) in [5.41, 5.74) is 0.191. The van der Waals surface area contributed by atoms with Crippen LogP contribution >= 0.6 is 0 Å². The molecule has 15 heavy (non-hydrogen) atoms. The Morgan fingerprint density at radius 3 is 1.73 bits per heavy atom. The second-order valence-corrected chi connectivity index (χ2v) is 2.55. The molecule has 0 saturated carbocycles. The van der Waals surface area contributed by atoms with Gasteiger partial charge in [0.15, 0.2) is 0 Å². The molecule has 0 radical (unpaired) electrons. The highest BCUT2D eigenvalue weighted by Gasteiger charge is 2.19. The first-order valence-electron chi connectivity index (χ1n) is 4.10. The van der Waals surface area contributed by atoms with Crippen molar-refractivity contribution >= 4 is 11.9 Å². The first-order chi connectivity index (χ1) is 7.20. The maximum atomic E-state index is 11.3. The lowest BCUT2D eigenvalue weighted by atomic mass is 10.1. The summed E-state index contributed by atoms with van der Waals surface area (Å²) in [4.78, 5) is 22.6. The molecule has 0 amide bonds. The molecular formula is C10H10O5. The Bertz CT molecular complexity index is 328. The Kier molecular flexibility index (Phi) is 3.68. The van der Waals surface area contributed by atoms with Gasteiger partial charge < -0.3 is 14.2 Å². The van der Waals surface area contributed by atoms with E-state index in [-0.39, 0.29) is 11.1 Å². The van der Waals surface area contributed by atoms with Gasteiger partial charge in [-0.25, -0.2) is 9.59 Å². The van der Waals surface area contributed by atoms with Crippen LogP contribution in [-0.2, 0) is 23.8 Å². The molecule has 1 rings (SSSR count). The molecule has 0 saturated heterocycles. The summed E-state index contributed by atoms with van der Waals surface area (Å²) >= 11 is 0. The number of carbonyl (C=O) groups excluding carboxylic acids is 2. The standard InChI is InChI=1S/C10H10O5/c1-13-9(11)7-3-5-15-6-4-8(7)10(12)14-2/h3-6H,1-2H3. The molecule has 0 bridgehead atoms. The summed E-state index contributed by atoms with van der Waals surface area (Å²) in [6.07, 6.45) is 5.24. The molecule has 1 aliphatic rings. The van der Waals surface area contributed by atoms with Crippen LogP contribution < -0.4 is 0 Å². The van der Waals surface area contributed by atoms with Crippen molar-refractivity contribution in [2.75, 3.05) is 14.2 Å².